The monoisotopic (exact) mass is 402 g/mol. The molecule has 0 fully saturated rings. The smallest absolute Gasteiger partial charge is 0.198 e. The molecular weight excluding hydrogens is 384 g/mol. The van der Waals surface area contributed by atoms with Crippen LogP contribution < -0.4 is 5.32 Å². The molecule has 0 radical (unpaired) electrons. The molecule has 2 aromatic heterocycles. The molecule has 5 nitrogen and oxygen atoms in total. The van der Waals surface area contributed by atoms with Gasteiger partial charge < -0.3 is 9.73 Å². The normalized spacial score (nSPS) is 12.7. The van der Waals surface area contributed by atoms with E-state index in [9.17, 15) is 0 Å². The standard InChI is InChI=1S/C23H19ClN4O/c24-17-4-1-3-16(14-17)22-27-20-6-2-5-19(20)23(28-22)26-18-9-7-15(8-10-18)13-21-25-11-12-29-21/h1,3-4,7-12,14H,2,5-6,13H2,(H,26,27,28). The van der Waals surface area contributed by atoms with Crippen molar-refractivity contribution >= 4 is 23.1 Å². The van der Waals surface area contributed by atoms with Gasteiger partial charge in [-0.1, -0.05) is 35.9 Å². The van der Waals surface area contributed by atoms with E-state index < -0.39 is 0 Å². The van der Waals surface area contributed by atoms with Gasteiger partial charge in [-0.15, -0.1) is 0 Å². The molecule has 2 heterocycles. The highest BCUT2D eigenvalue weighted by atomic mass is 35.5. The van der Waals surface area contributed by atoms with Crippen molar-refractivity contribution < 1.29 is 4.42 Å². The third-order valence-corrected chi connectivity index (χ3v) is 5.31. The second kappa shape index (κ2) is 7.68. The van der Waals surface area contributed by atoms with E-state index in [1.165, 1.54) is 5.56 Å². The molecule has 4 aromatic rings. The summed E-state index contributed by atoms with van der Waals surface area (Å²) in [5.41, 5.74) is 5.39. The predicted octanol–water partition coefficient (Wildman–Crippen LogP) is 5.61. The Hall–Kier alpha value is -3.18. The number of aryl methyl sites for hydroxylation is 1. The first-order chi connectivity index (χ1) is 14.2. The van der Waals surface area contributed by atoms with E-state index >= 15 is 0 Å². The minimum atomic E-state index is 0.676. The summed E-state index contributed by atoms with van der Waals surface area (Å²) >= 11 is 6.16. The van der Waals surface area contributed by atoms with Crippen LogP contribution in [0, 0.1) is 0 Å². The minimum absolute atomic E-state index is 0.676. The fourth-order valence-electron chi connectivity index (χ4n) is 3.65. The molecule has 0 saturated heterocycles. The summed E-state index contributed by atoms with van der Waals surface area (Å²) in [6.07, 6.45) is 7.02. The number of aromatic nitrogens is 3. The Bertz CT molecular complexity index is 1140. The molecule has 5 rings (SSSR count). The third kappa shape index (κ3) is 3.87. The van der Waals surface area contributed by atoms with Crippen LogP contribution in [-0.4, -0.2) is 15.0 Å². The summed E-state index contributed by atoms with van der Waals surface area (Å²) < 4.78 is 5.32. The lowest BCUT2D eigenvalue weighted by Gasteiger charge is -2.13. The Morgan fingerprint density at radius 3 is 2.72 bits per heavy atom. The lowest BCUT2D eigenvalue weighted by atomic mass is 10.1. The zero-order valence-corrected chi connectivity index (χ0v) is 16.5. The van der Waals surface area contributed by atoms with Gasteiger partial charge >= 0.3 is 0 Å². The number of oxazole rings is 1. The quantitative estimate of drug-likeness (QED) is 0.470. The van der Waals surface area contributed by atoms with E-state index in [2.05, 4.69) is 34.6 Å². The highest BCUT2D eigenvalue weighted by molar-refractivity contribution is 6.30. The van der Waals surface area contributed by atoms with Crippen molar-refractivity contribution in [2.45, 2.75) is 25.7 Å². The summed E-state index contributed by atoms with van der Waals surface area (Å²) in [5, 5.41) is 4.18. The molecule has 0 bridgehead atoms. The van der Waals surface area contributed by atoms with Crippen LogP contribution in [0.4, 0.5) is 11.5 Å². The first-order valence-electron chi connectivity index (χ1n) is 9.65. The van der Waals surface area contributed by atoms with Gasteiger partial charge in [0.05, 0.1) is 6.20 Å². The molecule has 0 unspecified atom stereocenters. The molecule has 0 saturated carbocycles. The number of anilines is 2. The highest BCUT2D eigenvalue weighted by Crippen LogP contribution is 2.31. The van der Waals surface area contributed by atoms with E-state index in [1.807, 2.05) is 24.3 Å². The number of nitrogens with zero attached hydrogens (tertiary/aromatic N) is 3. The molecule has 1 aliphatic rings. The van der Waals surface area contributed by atoms with Crippen LogP contribution in [0.15, 0.2) is 65.4 Å². The number of hydrogen-bond acceptors (Lipinski definition) is 5. The summed E-state index contributed by atoms with van der Waals surface area (Å²) in [5.74, 6) is 2.30. The van der Waals surface area contributed by atoms with Gasteiger partial charge in [0.1, 0.15) is 12.1 Å². The molecule has 0 aliphatic heterocycles. The summed E-state index contributed by atoms with van der Waals surface area (Å²) in [6.45, 7) is 0. The van der Waals surface area contributed by atoms with Crippen LogP contribution in [0.3, 0.4) is 0 Å². The zero-order valence-electron chi connectivity index (χ0n) is 15.7. The van der Waals surface area contributed by atoms with Crippen molar-refractivity contribution in [3.8, 4) is 11.4 Å². The second-order valence-electron chi connectivity index (χ2n) is 7.11. The van der Waals surface area contributed by atoms with Crippen LogP contribution in [-0.2, 0) is 19.3 Å². The maximum Gasteiger partial charge on any atom is 0.198 e. The zero-order chi connectivity index (χ0) is 19.6. The van der Waals surface area contributed by atoms with E-state index in [1.54, 1.807) is 12.5 Å². The summed E-state index contributed by atoms with van der Waals surface area (Å²) in [7, 11) is 0. The molecule has 0 spiro atoms. The van der Waals surface area contributed by atoms with E-state index in [0.717, 1.165) is 47.6 Å². The average Bonchev–Trinajstić information content (AvgIpc) is 3.41. The van der Waals surface area contributed by atoms with Gasteiger partial charge in [-0.3, -0.25) is 0 Å². The topological polar surface area (TPSA) is 63.8 Å². The van der Waals surface area contributed by atoms with Gasteiger partial charge in [0.25, 0.3) is 0 Å². The molecule has 144 valence electrons. The lowest BCUT2D eigenvalue weighted by molar-refractivity contribution is 0.507. The van der Waals surface area contributed by atoms with E-state index in [4.69, 9.17) is 26.0 Å². The SMILES string of the molecule is Clc1cccc(-c2nc3c(c(Nc4ccc(Cc5ncco5)cc4)n2)CCC3)c1. The fourth-order valence-corrected chi connectivity index (χ4v) is 3.84. The summed E-state index contributed by atoms with van der Waals surface area (Å²) in [6, 6.07) is 15.9. The number of nitrogens with one attached hydrogen (secondary N) is 1. The Morgan fingerprint density at radius 2 is 1.93 bits per heavy atom. The molecule has 0 atom stereocenters. The second-order valence-corrected chi connectivity index (χ2v) is 7.55. The molecule has 1 aliphatic carbocycles. The molecule has 6 heteroatoms. The average molecular weight is 403 g/mol. The molecule has 29 heavy (non-hydrogen) atoms. The number of hydrogen-bond donors (Lipinski definition) is 1. The first kappa shape index (κ1) is 17.9. The van der Waals surface area contributed by atoms with Crippen LogP contribution in [0.1, 0.15) is 29.1 Å². The van der Waals surface area contributed by atoms with E-state index in [-0.39, 0.29) is 0 Å². The Morgan fingerprint density at radius 1 is 1.03 bits per heavy atom. The van der Waals surface area contributed by atoms with Crippen LogP contribution in [0.2, 0.25) is 5.02 Å². The van der Waals surface area contributed by atoms with Crippen molar-refractivity contribution in [1.82, 2.24) is 15.0 Å². The molecule has 1 N–H and O–H groups in total. The highest BCUT2D eigenvalue weighted by Gasteiger charge is 2.20. The fraction of sp³-hybridized carbons (Fsp3) is 0.174. The Balaban J connectivity index is 1.43. The van der Waals surface area contributed by atoms with Gasteiger partial charge in [-0.2, -0.15) is 0 Å². The van der Waals surface area contributed by atoms with Crippen molar-refractivity contribution in [3.63, 3.8) is 0 Å². The first-order valence-corrected chi connectivity index (χ1v) is 10.0. The molecule has 0 amide bonds. The molecule has 2 aromatic carbocycles. The maximum atomic E-state index is 6.16. The number of halogens is 1. The summed E-state index contributed by atoms with van der Waals surface area (Å²) in [4.78, 5) is 13.8. The Kier molecular flexibility index (Phi) is 4.74. The lowest BCUT2D eigenvalue weighted by Crippen LogP contribution is -2.04. The number of fused-ring (bicyclic) bond motifs is 1. The van der Waals surface area contributed by atoms with E-state index in [0.29, 0.717) is 23.2 Å². The van der Waals surface area contributed by atoms with Gasteiger partial charge in [-0.25, -0.2) is 15.0 Å². The molecular formula is C23H19ClN4O. The van der Waals surface area contributed by atoms with Gasteiger partial charge in [-0.05, 0) is 49.1 Å². The maximum absolute atomic E-state index is 6.16. The van der Waals surface area contributed by atoms with Crippen molar-refractivity contribution in [2.24, 2.45) is 0 Å². The van der Waals surface area contributed by atoms with Crippen molar-refractivity contribution in [1.29, 1.82) is 0 Å². The van der Waals surface area contributed by atoms with Gasteiger partial charge in [0.15, 0.2) is 11.7 Å². The van der Waals surface area contributed by atoms with Crippen LogP contribution >= 0.6 is 11.6 Å². The minimum Gasteiger partial charge on any atom is -0.449 e. The predicted molar refractivity (Wildman–Crippen MR) is 114 cm³/mol. The van der Waals surface area contributed by atoms with Gasteiger partial charge in [0, 0.05) is 34.0 Å². The Labute approximate surface area is 173 Å². The van der Waals surface area contributed by atoms with Crippen LogP contribution in [0.25, 0.3) is 11.4 Å². The number of benzene rings is 2. The van der Waals surface area contributed by atoms with Gasteiger partial charge in [0.2, 0.25) is 0 Å². The van der Waals surface area contributed by atoms with Crippen molar-refractivity contribution in [2.75, 3.05) is 5.32 Å². The number of rotatable bonds is 5. The largest absolute Gasteiger partial charge is 0.449 e. The van der Waals surface area contributed by atoms with Crippen LogP contribution in [0.5, 0.6) is 0 Å². The van der Waals surface area contributed by atoms with Crippen molar-refractivity contribution in [3.05, 3.63) is 88.7 Å². The third-order valence-electron chi connectivity index (χ3n) is 5.07.